The van der Waals surface area contributed by atoms with Gasteiger partial charge in [-0.3, -0.25) is 8.97 Å². The third kappa shape index (κ3) is 2.10. The summed E-state index contributed by atoms with van der Waals surface area (Å²) in [6, 6.07) is 12.4. The number of rotatable bonds is 1. The van der Waals surface area contributed by atoms with Gasteiger partial charge in [0, 0.05) is 11.0 Å². The van der Waals surface area contributed by atoms with Crippen molar-refractivity contribution in [2.24, 2.45) is 7.05 Å². The van der Waals surface area contributed by atoms with Crippen molar-refractivity contribution in [3.8, 4) is 11.3 Å². The van der Waals surface area contributed by atoms with Crippen molar-refractivity contribution in [1.29, 1.82) is 0 Å². The lowest BCUT2D eigenvalue weighted by molar-refractivity contribution is -0.661. The second kappa shape index (κ2) is 5.76. The molecule has 4 heterocycles. The first-order valence-electron chi connectivity index (χ1n) is 12.7. The Balaban J connectivity index is 1.92. The van der Waals surface area contributed by atoms with Gasteiger partial charge < -0.3 is 0 Å². The first kappa shape index (κ1) is 14.8. The SMILES string of the molecule is [2H]C([2H])([2H])c1c[n+](C)c2c(c1C([2H])(C)C)C(C)(C)n1c3c-2c(C)ccc3n2c3ccccc3nc12. The molecule has 0 spiro atoms. The van der Waals surface area contributed by atoms with Gasteiger partial charge in [-0.1, -0.05) is 32.0 Å². The van der Waals surface area contributed by atoms with E-state index in [9.17, 15) is 0 Å². The Morgan fingerprint density at radius 2 is 1.87 bits per heavy atom. The zero-order chi connectivity index (χ0) is 25.2. The van der Waals surface area contributed by atoms with E-state index in [-0.39, 0.29) is 5.56 Å². The van der Waals surface area contributed by atoms with Gasteiger partial charge in [0.1, 0.15) is 7.05 Å². The number of hydrogen-bond acceptors (Lipinski definition) is 1. The van der Waals surface area contributed by atoms with E-state index < -0.39 is 18.3 Å². The fraction of sp³-hybridized carbons (Fsp3) is 0.333. The molecule has 0 amide bonds. The summed E-state index contributed by atoms with van der Waals surface area (Å²) in [5, 5.41) is 0. The summed E-state index contributed by atoms with van der Waals surface area (Å²) in [6.45, 7) is 7.56. The predicted molar refractivity (Wildman–Crippen MR) is 127 cm³/mol. The van der Waals surface area contributed by atoms with Gasteiger partial charge in [-0.25, -0.2) is 9.55 Å². The molecule has 6 rings (SSSR count). The molecule has 2 aromatic carbocycles. The Kier molecular flexibility index (Phi) is 2.75. The highest BCUT2D eigenvalue weighted by Gasteiger charge is 2.44. The Morgan fingerprint density at radius 1 is 1.10 bits per heavy atom. The molecule has 0 radical (unpaired) electrons. The van der Waals surface area contributed by atoms with E-state index in [4.69, 9.17) is 10.5 Å². The summed E-state index contributed by atoms with van der Waals surface area (Å²) >= 11 is 0. The Bertz CT molecular complexity index is 1710. The van der Waals surface area contributed by atoms with Gasteiger partial charge in [-0.2, -0.15) is 0 Å². The van der Waals surface area contributed by atoms with Crippen molar-refractivity contribution in [2.75, 3.05) is 0 Å². The summed E-state index contributed by atoms with van der Waals surface area (Å²) in [7, 11) is 1.92. The maximum atomic E-state index is 9.09. The van der Waals surface area contributed by atoms with Gasteiger partial charge in [0.05, 0.1) is 38.7 Å². The molecule has 0 unspecified atom stereocenters. The van der Waals surface area contributed by atoms with E-state index in [1.165, 1.54) is 0 Å². The molecule has 1 aliphatic rings. The van der Waals surface area contributed by atoms with Crippen molar-refractivity contribution in [3.63, 3.8) is 0 Å². The fourth-order valence-electron chi connectivity index (χ4n) is 5.70. The smallest absolute Gasteiger partial charge is 0.220 e. The van der Waals surface area contributed by atoms with Crippen LogP contribution >= 0.6 is 0 Å². The molecule has 0 atom stereocenters. The number of para-hydroxylation sites is 2. The number of benzene rings is 2. The van der Waals surface area contributed by atoms with E-state index in [0.717, 1.165) is 50.2 Å². The lowest BCUT2D eigenvalue weighted by Gasteiger charge is -2.36. The molecule has 0 N–H and O–H groups in total. The van der Waals surface area contributed by atoms with Crippen molar-refractivity contribution in [2.45, 2.75) is 52.9 Å². The topological polar surface area (TPSA) is 26.1 Å². The quantitative estimate of drug-likeness (QED) is 0.320. The number of hydrogen-bond donors (Lipinski definition) is 0. The fourth-order valence-corrected chi connectivity index (χ4v) is 5.70. The molecule has 3 aromatic heterocycles. The van der Waals surface area contributed by atoms with E-state index >= 15 is 0 Å². The van der Waals surface area contributed by atoms with Crippen LogP contribution in [-0.2, 0) is 12.6 Å². The van der Waals surface area contributed by atoms with E-state index in [1.807, 2.05) is 29.8 Å². The molecule has 4 heteroatoms. The van der Waals surface area contributed by atoms with E-state index in [0.29, 0.717) is 5.56 Å². The van der Waals surface area contributed by atoms with E-state index in [2.05, 4.69) is 47.9 Å². The number of pyridine rings is 1. The maximum absolute atomic E-state index is 9.09. The molecule has 0 bridgehead atoms. The second-order valence-electron chi connectivity index (χ2n) is 9.51. The van der Waals surface area contributed by atoms with Gasteiger partial charge in [0.2, 0.25) is 11.5 Å². The standard InChI is InChI=1S/C27H29N4/c1-15(2)21-17(4)14-29(7)25-22-16(3)12-13-20-24(22)31(27(5,6)23(21)25)26-28-18-10-8-9-11-19(18)30(20)26/h8-15H,1-7H3/q+1/i4D3,15D. The van der Waals surface area contributed by atoms with Gasteiger partial charge >= 0.3 is 0 Å². The first-order chi connectivity index (χ1) is 16.2. The van der Waals surface area contributed by atoms with Crippen LogP contribution in [0.2, 0.25) is 0 Å². The van der Waals surface area contributed by atoms with Gasteiger partial charge in [-0.05, 0) is 62.8 Å². The van der Waals surface area contributed by atoms with Crippen molar-refractivity contribution >= 4 is 27.8 Å². The maximum Gasteiger partial charge on any atom is 0.220 e. The third-order valence-corrected chi connectivity index (χ3v) is 6.91. The van der Waals surface area contributed by atoms with Crippen LogP contribution in [0.4, 0.5) is 0 Å². The van der Waals surface area contributed by atoms with Crippen LogP contribution < -0.4 is 4.57 Å². The highest BCUT2D eigenvalue weighted by atomic mass is 15.2. The van der Waals surface area contributed by atoms with Crippen molar-refractivity contribution < 1.29 is 10.1 Å². The number of aryl methyl sites for hydroxylation is 3. The average molecular weight is 414 g/mol. The molecule has 31 heavy (non-hydrogen) atoms. The van der Waals surface area contributed by atoms with Gasteiger partial charge in [0.25, 0.3) is 0 Å². The largest absolute Gasteiger partial charge is 0.299 e. The number of aromatic nitrogens is 4. The van der Waals surface area contributed by atoms with Crippen molar-refractivity contribution in [3.05, 3.63) is 64.8 Å². The first-order valence-corrected chi connectivity index (χ1v) is 10.7. The molecular formula is C27H29N4+. The molecule has 5 aromatic rings. The lowest BCUT2D eigenvalue weighted by atomic mass is 9.77. The number of nitrogens with zero attached hydrogens (tertiary/aromatic N) is 4. The van der Waals surface area contributed by atoms with Crippen molar-refractivity contribution in [1.82, 2.24) is 14.0 Å². The number of imidazole rings is 2. The molecule has 0 saturated carbocycles. The monoisotopic (exact) mass is 413 g/mol. The minimum absolute atomic E-state index is 0.233. The van der Waals surface area contributed by atoms with Crippen LogP contribution in [0.5, 0.6) is 0 Å². The highest BCUT2D eigenvalue weighted by molar-refractivity contribution is 6.01. The van der Waals surface area contributed by atoms with E-state index in [1.54, 1.807) is 20.0 Å². The molecule has 0 saturated heterocycles. The van der Waals surface area contributed by atoms with Gasteiger partial charge in [-0.15, -0.1) is 0 Å². The number of fused-ring (bicyclic) bond motifs is 7. The normalized spacial score (nSPS) is 17.5. The molecule has 1 aliphatic heterocycles. The molecule has 4 nitrogen and oxygen atoms in total. The Hall–Kier alpha value is -3.14. The van der Waals surface area contributed by atoms with Crippen LogP contribution in [-0.4, -0.2) is 14.0 Å². The van der Waals surface area contributed by atoms with Crippen LogP contribution in [0.15, 0.2) is 42.6 Å². The van der Waals surface area contributed by atoms with Gasteiger partial charge in [0.15, 0.2) is 6.20 Å². The summed E-state index contributed by atoms with van der Waals surface area (Å²) in [5.74, 6) is -0.304. The lowest BCUT2D eigenvalue weighted by Crippen LogP contribution is -2.42. The molecular weight excluding hydrogens is 380 g/mol. The van der Waals surface area contributed by atoms with Crippen LogP contribution in [0.25, 0.3) is 39.1 Å². The molecule has 0 aliphatic carbocycles. The zero-order valence-corrected chi connectivity index (χ0v) is 18.8. The predicted octanol–water partition coefficient (Wildman–Crippen LogP) is 5.77. The summed E-state index contributed by atoms with van der Waals surface area (Å²) in [4.78, 5) is 5.04. The summed E-state index contributed by atoms with van der Waals surface area (Å²) < 4.78 is 40.5. The van der Waals surface area contributed by atoms with Crippen LogP contribution in [0.3, 0.4) is 0 Å². The zero-order valence-electron chi connectivity index (χ0n) is 22.8. The van der Waals surface area contributed by atoms with Crippen LogP contribution in [0, 0.1) is 13.8 Å². The average Bonchev–Trinajstić information content (AvgIpc) is 3.26. The Labute approximate surface area is 188 Å². The minimum atomic E-state index is -2.34. The summed E-state index contributed by atoms with van der Waals surface area (Å²) in [5.41, 5.74) is 8.27. The van der Waals surface area contributed by atoms with Crippen LogP contribution in [0.1, 0.15) is 61.3 Å². The molecule has 0 fully saturated rings. The molecule has 156 valence electrons. The minimum Gasteiger partial charge on any atom is -0.299 e. The third-order valence-electron chi connectivity index (χ3n) is 6.91. The highest BCUT2D eigenvalue weighted by Crippen LogP contribution is 2.49. The summed E-state index contributed by atoms with van der Waals surface area (Å²) in [6.07, 6.45) is 1.71. The second-order valence-corrected chi connectivity index (χ2v) is 9.51. The Morgan fingerprint density at radius 3 is 2.61 bits per heavy atom.